The van der Waals surface area contributed by atoms with Gasteiger partial charge < -0.3 is 4.57 Å². The lowest BCUT2D eigenvalue weighted by molar-refractivity contribution is 0.0932. The van der Waals surface area contributed by atoms with Crippen LogP contribution in [0.25, 0.3) is 0 Å². The molecule has 0 radical (unpaired) electrons. The third-order valence-corrected chi connectivity index (χ3v) is 4.16. The van der Waals surface area contributed by atoms with E-state index in [9.17, 15) is 4.79 Å². The lowest BCUT2D eigenvalue weighted by Gasteiger charge is -2.18. The number of carbonyl (C=O) groups is 1. The Bertz CT molecular complexity index is 411. The van der Waals surface area contributed by atoms with E-state index in [1.165, 1.54) is 32.1 Å². The van der Waals surface area contributed by atoms with Gasteiger partial charge in [-0.1, -0.05) is 19.8 Å². The molecule has 0 N–H and O–H groups in total. The van der Waals surface area contributed by atoms with Gasteiger partial charge in [0.25, 0.3) is 0 Å². The second-order valence-electron chi connectivity index (χ2n) is 5.85. The molecule has 1 aromatic rings. The van der Waals surface area contributed by atoms with Crippen molar-refractivity contribution >= 4 is 5.78 Å². The average Bonchev–Trinajstić information content (AvgIpc) is 2.70. The van der Waals surface area contributed by atoms with Crippen molar-refractivity contribution in [3.63, 3.8) is 0 Å². The van der Waals surface area contributed by atoms with E-state index in [0.29, 0.717) is 6.54 Å². The van der Waals surface area contributed by atoms with Gasteiger partial charge in [-0.15, -0.1) is 0 Å². The first-order valence-corrected chi connectivity index (χ1v) is 7.56. The van der Waals surface area contributed by atoms with Crippen LogP contribution in [0.15, 0.2) is 18.5 Å². The Balaban J connectivity index is 1.84. The summed E-state index contributed by atoms with van der Waals surface area (Å²) >= 11 is 0. The van der Waals surface area contributed by atoms with Crippen molar-refractivity contribution in [3.8, 4) is 0 Å². The summed E-state index contributed by atoms with van der Waals surface area (Å²) in [6, 6.07) is 1.92. The summed E-state index contributed by atoms with van der Waals surface area (Å²) in [5.41, 5.74) is 0.844. The first kappa shape index (κ1) is 14.3. The van der Waals surface area contributed by atoms with Crippen LogP contribution in [0, 0.1) is 5.92 Å². The largest absolute Gasteiger partial charge is 0.357 e. The van der Waals surface area contributed by atoms with E-state index in [0.717, 1.165) is 24.6 Å². The van der Waals surface area contributed by atoms with Crippen LogP contribution in [0.3, 0.4) is 0 Å². The highest BCUT2D eigenvalue weighted by Crippen LogP contribution is 2.22. The van der Waals surface area contributed by atoms with Gasteiger partial charge >= 0.3 is 0 Å². The van der Waals surface area contributed by atoms with E-state index >= 15 is 0 Å². The molecule has 0 bridgehead atoms. The second-order valence-corrected chi connectivity index (χ2v) is 5.85. The third kappa shape index (κ3) is 4.20. The number of nitrogens with zero attached hydrogens (tertiary/aromatic N) is 2. The highest BCUT2D eigenvalue weighted by atomic mass is 16.1. The van der Waals surface area contributed by atoms with Crippen molar-refractivity contribution in [1.82, 2.24) is 9.47 Å². The van der Waals surface area contributed by atoms with Crippen molar-refractivity contribution in [1.29, 1.82) is 0 Å². The summed E-state index contributed by atoms with van der Waals surface area (Å²) in [5, 5.41) is 0. The summed E-state index contributed by atoms with van der Waals surface area (Å²) in [4.78, 5) is 14.5. The molecule has 2 heterocycles. The van der Waals surface area contributed by atoms with Gasteiger partial charge in [0.15, 0.2) is 5.78 Å². The molecule has 1 unspecified atom stereocenters. The highest BCUT2D eigenvalue weighted by Gasteiger charge is 2.19. The molecule has 0 spiro atoms. The molecule has 106 valence electrons. The fraction of sp³-hybridized carbons (Fsp3) is 0.688. The first-order valence-electron chi connectivity index (χ1n) is 7.56. The van der Waals surface area contributed by atoms with Gasteiger partial charge in [0.05, 0.1) is 6.54 Å². The van der Waals surface area contributed by atoms with E-state index in [4.69, 9.17) is 0 Å². The monoisotopic (exact) mass is 262 g/mol. The number of ketones is 1. The minimum atomic E-state index is 0.259. The number of aryl methyl sites for hydroxylation is 1. The molecule has 3 heteroatoms. The number of likely N-dealkylation sites (tertiary alicyclic amines) is 1. The summed E-state index contributed by atoms with van der Waals surface area (Å²) in [6.07, 6.45) is 10.3. The molecule has 0 saturated carbocycles. The topological polar surface area (TPSA) is 25.2 Å². The summed E-state index contributed by atoms with van der Waals surface area (Å²) in [6.45, 7) is 5.02. The van der Waals surface area contributed by atoms with Crippen LogP contribution in [0.2, 0.25) is 0 Å². The molecule has 1 fully saturated rings. The van der Waals surface area contributed by atoms with Gasteiger partial charge in [0.1, 0.15) is 0 Å². The first-order chi connectivity index (χ1) is 9.19. The molecule has 1 aliphatic heterocycles. The number of Topliss-reactive ketones (excluding diaryl/α,β-unsaturated/α-hetero) is 1. The molecule has 1 aromatic heterocycles. The lowest BCUT2D eigenvalue weighted by atomic mass is 9.96. The van der Waals surface area contributed by atoms with E-state index in [2.05, 4.69) is 11.8 Å². The minimum Gasteiger partial charge on any atom is -0.357 e. The quantitative estimate of drug-likeness (QED) is 0.762. The molecule has 1 atom stereocenters. The number of aromatic nitrogens is 1. The van der Waals surface area contributed by atoms with Crippen molar-refractivity contribution in [2.75, 3.05) is 19.6 Å². The maximum absolute atomic E-state index is 12.2. The van der Waals surface area contributed by atoms with Crippen molar-refractivity contribution < 1.29 is 4.79 Å². The van der Waals surface area contributed by atoms with E-state index in [1.807, 2.05) is 30.1 Å². The molecule has 3 nitrogen and oxygen atoms in total. The molecule has 1 saturated heterocycles. The molecule has 0 aromatic carbocycles. The normalized spacial score (nSPS) is 21.3. The van der Waals surface area contributed by atoms with Crippen molar-refractivity contribution in [2.45, 2.75) is 39.0 Å². The maximum Gasteiger partial charge on any atom is 0.178 e. The molecule has 1 aliphatic rings. The Hall–Kier alpha value is -1.09. The van der Waals surface area contributed by atoms with Gasteiger partial charge in [0, 0.05) is 25.0 Å². The molecule has 19 heavy (non-hydrogen) atoms. The minimum absolute atomic E-state index is 0.259. The molecule has 2 rings (SSSR count). The van der Waals surface area contributed by atoms with Crippen LogP contribution in [0.5, 0.6) is 0 Å². The number of rotatable bonds is 5. The van der Waals surface area contributed by atoms with E-state index < -0.39 is 0 Å². The second kappa shape index (κ2) is 6.90. The third-order valence-electron chi connectivity index (χ3n) is 4.16. The fourth-order valence-electron chi connectivity index (χ4n) is 3.04. The summed E-state index contributed by atoms with van der Waals surface area (Å²) < 4.78 is 1.94. The lowest BCUT2D eigenvalue weighted by Crippen LogP contribution is -2.30. The van der Waals surface area contributed by atoms with Crippen LogP contribution >= 0.6 is 0 Å². The zero-order valence-electron chi connectivity index (χ0n) is 12.3. The number of hydrogen-bond acceptors (Lipinski definition) is 2. The standard InChI is InChI=1S/C16H26N2O/c1-3-5-14-6-4-9-18(11-7-14)13-16(19)15-8-10-17(2)12-15/h8,10,12,14H,3-7,9,11,13H2,1-2H3. The fourth-order valence-corrected chi connectivity index (χ4v) is 3.04. The Morgan fingerprint density at radius 2 is 2.21 bits per heavy atom. The van der Waals surface area contributed by atoms with Gasteiger partial charge in [-0.3, -0.25) is 9.69 Å². The van der Waals surface area contributed by atoms with Crippen LogP contribution in [0.4, 0.5) is 0 Å². The Kier molecular flexibility index (Phi) is 5.20. The van der Waals surface area contributed by atoms with Gasteiger partial charge in [-0.25, -0.2) is 0 Å². The average molecular weight is 262 g/mol. The van der Waals surface area contributed by atoms with Gasteiger partial charge in [-0.05, 0) is 44.3 Å². The van der Waals surface area contributed by atoms with Crippen LogP contribution in [-0.2, 0) is 7.05 Å². The summed E-state index contributed by atoms with van der Waals surface area (Å²) in [7, 11) is 1.96. The molecular formula is C16H26N2O. The van der Waals surface area contributed by atoms with E-state index in [1.54, 1.807) is 0 Å². The van der Waals surface area contributed by atoms with Crippen molar-refractivity contribution in [2.24, 2.45) is 13.0 Å². The molecule has 0 amide bonds. The van der Waals surface area contributed by atoms with Gasteiger partial charge in [0.2, 0.25) is 0 Å². The zero-order valence-corrected chi connectivity index (χ0v) is 12.3. The smallest absolute Gasteiger partial charge is 0.178 e. The van der Waals surface area contributed by atoms with Crippen LogP contribution in [-0.4, -0.2) is 34.9 Å². The van der Waals surface area contributed by atoms with Crippen LogP contribution < -0.4 is 0 Å². The summed E-state index contributed by atoms with van der Waals surface area (Å²) in [5.74, 6) is 1.14. The zero-order chi connectivity index (χ0) is 13.7. The Labute approximate surface area is 116 Å². The maximum atomic E-state index is 12.2. The number of carbonyl (C=O) groups excluding carboxylic acids is 1. The van der Waals surface area contributed by atoms with Gasteiger partial charge in [-0.2, -0.15) is 0 Å². The van der Waals surface area contributed by atoms with E-state index in [-0.39, 0.29) is 5.78 Å². The predicted molar refractivity (Wildman–Crippen MR) is 78.4 cm³/mol. The molecular weight excluding hydrogens is 236 g/mol. The molecule has 0 aliphatic carbocycles. The van der Waals surface area contributed by atoms with Crippen LogP contribution in [0.1, 0.15) is 49.4 Å². The van der Waals surface area contributed by atoms with Crippen molar-refractivity contribution in [3.05, 3.63) is 24.0 Å². The SMILES string of the molecule is CCCC1CCCN(CC(=O)c2ccn(C)c2)CC1. The Morgan fingerprint density at radius 3 is 2.89 bits per heavy atom. The Morgan fingerprint density at radius 1 is 1.37 bits per heavy atom. The highest BCUT2D eigenvalue weighted by molar-refractivity contribution is 5.97. The number of hydrogen-bond donors (Lipinski definition) is 0. The predicted octanol–water partition coefficient (Wildman–Crippen LogP) is 3.11.